The normalized spacial score (nSPS) is 29.5. The quantitative estimate of drug-likeness (QED) is 0.891. The summed E-state index contributed by atoms with van der Waals surface area (Å²) in [4.78, 5) is 13.6. The first-order valence-corrected chi connectivity index (χ1v) is 7.40. The van der Waals surface area contributed by atoms with Crippen LogP contribution >= 0.6 is 0 Å². The highest BCUT2D eigenvalue weighted by atomic mass is 16.5. The van der Waals surface area contributed by atoms with Gasteiger partial charge < -0.3 is 14.9 Å². The molecule has 2 aliphatic rings. The second kappa shape index (κ2) is 5.22. The van der Waals surface area contributed by atoms with Gasteiger partial charge in [0.05, 0.1) is 13.0 Å². The highest BCUT2D eigenvalue weighted by Crippen LogP contribution is 2.47. The molecule has 4 atom stereocenters. The minimum absolute atomic E-state index is 0.0121. The Morgan fingerprint density at radius 2 is 2.19 bits per heavy atom. The molecule has 0 radical (unpaired) electrons. The van der Waals surface area contributed by atoms with Crippen LogP contribution in [0.25, 0.3) is 0 Å². The molecule has 2 heterocycles. The van der Waals surface area contributed by atoms with E-state index in [1.165, 1.54) is 0 Å². The number of benzene rings is 1. The molecule has 114 valence electrons. The van der Waals surface area contributed by atoms with Gasteiger partial charge in [-0.15, -0.1) is 0 Å². The molecule has 2 aliphatic heterocycles. The first-order valence-electron chi connectivity index (χ1n) is 7.40. The predicted molar refractivity (Wildman–Crippen MR) is 77.5 cm³/mol. The summed E-state index contributed by atoms with van der Waals surface area (Å²) in [5.41, 5.74) is 0.803. The maximum absolute atomic E-state index is 11.4. The number of methoxy groups -OCH3 is 1. The van der Waals surface area contributed by atoms with Crippen LogP contribution in [0.3, 0.4) is 0 Å². The molecule has 3 rings (SSSR count). The average Bonchev–Trinajstić information content (AvgIpc) is 3.04. The van der Waals surface area contributed by atoms with E-state index in [4.69, 9.17) is 4.74 Å². The number of phenols is 1. The average molecular weight is 291 g/mol. The summed E-state index contributed by atoms with van der Waals surface area (Å²) >= 11 is 0. The standard InChI is InChI=1S/C16H21NO4/c1-9(12-8-11(21-2)4-6-15(12)18)17-10-3-5-14(17)13(7-10)16(19)20/h4,6,8-10,13-14,18H,3,5,7H2,1-2H3,(H,19,20). The van der Waals surface area contributed by atoms with Gasteiger partial charge in [-0.25, -0.2) is 0 Å². The van der Waals surface area contributed by atoms with Gasteiger partial charge in [-0.3, -0.25) is 9.69 Å². The van der Waals surface area contributed by atoms with Crippen molar-refractivity contribution < 1.29 is 19.7 Å². The fourth-order valence-corrected chi connectivity index (χ4v) is 4.05. The van der Waals surface area contributed by atoms with Crippen molar-refractivity contribution >= 4 is 5.97 Å². The second-order valence-electron chi connectivity index (χ2n) is 6.03. The molecule has 2 bridgehead atoms. The largest absolute Gasteiger partial charge is 0.508 e. The van der Waals surface area contributed by atoms with Gasteiger partial charge in [0.1, 0.15) is 11.5 Å². The van der Waals surface area contributed by atoms with Gasteiger partial charge in [0.25, 0.3) is 0 Å². The van der Waals surface area contributed by atoms with Gasteiger partial charge in [-0.1, -0.05) is 0 Å². The Morgan fingerprint density at radius 3 is 2.81 bits per heavy atom. The molecular formula is C16H21NO4. The van der Waals surface area contributed by atoms with Crippen molar-refractivity contribution in [1.82, 2.24) is 4.90 Å². The number of carboxylic acid groups (broad SMARTS) is 1. The lowest BCUT2D eigenvalue weighted by molar-refractivity contribution is -0.142. The Hall–Kier alpha value is -1.75. The van der Waals surface area contributed by atoms with Crippen molar-refractivity contribution in [3.05, 3.63) is 23.8 Å². The molecule has 21 heavy (non-hydrogen) atoms. The fraction of sp³-hybridized carbons (Fsp3) is 0.562. The highest BCUT2D eigenvalue weighted by Gasteiger charge is 2.51. The Kier molecular flexibility index (Phi) is 3.53. The van der Waals surface area contributed by atoms with Crippen molar-refractivity contribution in [2.45, 2.75) is 44.3 Å². The summed E-state index contributed by atoms with van der Waals surface area (Å²) in [6, 6.07) is 5.57. The maximum Gasteiger partial charge on any atom is 0.308 e. The zero-order valence-electron chi connectivity index (χ0n) is 12.3. The molecule has 0 aliphatic carbocycles. The smallest absolute Gasteiger partial charge is 0.308 e. The van der Waals surface area contributed by atoms with Crippen LogP contribution in [-0.2, 0) is 4.79 Å². The lowest BCUT2D eigenvalue weighted by Gasteiger charge is -2.30. The molecule has 0 amide bonds. The molecular weight excluding hydrogens is 270 g/mol. The number of nitrogens with zero attached hydrogens (tertiary/aromatic N) is 1. The lowest BCUT2D eigenvalue weighted by atomic mass is 9.89. The summed E-state index contributed by atoms with van der Waals surface area (Å²) in [6.07, 6.45) is 2.69. The molecule has 0 spiro atoms. The summed E-state index contributed by atoms with van der Waals surface area (Å²) in [5, 5.41) is 19.5. The molecule has 1 aromatic rings. The van der Waals surface area contributed by atoms with Crippen molar-refractivity contribution in [3.63, 3.8) is 0 Å². The van der Waals surface area contributed by atoms with Gasteiger partial charge in [0.2, 0.25) is 0 Å². The van der Waals surface area contributed by atoms with Crippen LogP contribution in [0.4, 0.5) is 0 Å². The number of aromatic hydroxyl groups is 1. The molecule has 0 aromatic heterocycles. The monoisotopic (exact) mass is 291 g/mol. The number of ether oxygens (including phenoxy) is 1. The minimum Gasteiger partial charge on any atom is -0.508 e. The van der Waals surface area contributed by atoms with E-state index in [0.29, 0.717) is 11.8 Å². The highest BCUT2D eigenvalue weighted by molar-refractivity contribution is 5.71. The van der Waals surface area contributed by atoms with Crippen LogP contribution in [0.5, 0.6) is 11.5 Å². The summed E-state index contributed by atoms with van der Waals surface area (Å²) < 4.78 is 5.23. The second-order valence-corrected chi connectivity index (χ2v) is 6.03. The van der Waals surface area contributed by atoms with E-state index in [2.05, 4.69) is 4.90 Å². The Morgan fingerprint density at radius 1 is 1.43 bits per heavy atom. The van der Waals surface area contributed by atoms with Crippen LogP contribution in [0.15, 0.2) is 18.2 Å². The minimum atomic E-state index is -0.700. The number of phenolic OH excluding ortho intramolecular Hbond substituents is 1. The van der Waals surface area contributed by atoms with E-state index < -0.39 is 5.97 Å². The third-order valence-electron chi connectivity index (χ3n) is 5.04. The molecule has 5 nitrogen and oxygen atoms in total. The van der Waals surface area contributed by atoms with Crippen LogP contribution in [-0.4, -0.2) is 40.3 Å². The maximum atomic E-state index is 11.4. The van der Waals surface area contributed by atoms with E-state index in [0.717, 1.165) is 24.8 Å². The molecule has 2 fully saturated rings. The van der Waals surface area contributed by atoms with E-state index in [-0.39, 0.29) is 23.8 Å². The fourth-order valence-electron chi connectivity index (χ4n) is 4.05. The number of hydrogen-bond donors (Lipinski definition) is 2. The van der Waals surface area contributed by atoms with Gasteiger partial charge in [-0.2, -0.15) is 0 Å². The summed E-state index contributed by atoms with van der Waals surface area (Å²) in [7, 11) is 1.60. The van der Waals surface area contributed by atoms with Gasteiger partial charge >= 0.3 is 5.97 Å². The molecule has 2 saturated heterocycles. The Bertz CT molecular complexity index is 559. The zero-order chi connectivity index (χ0) is 15.1. The van der Waals surface area contributed by atoms with E-state index in [1.54, 1.807) is 19.2 Å². The van der Waals surface area contributed by atoms with Gasteiger partial charge in [0, 0.05) is 23.7 Å². The number of rotatable bonds is 4. The van der Waals surface area contributed by atoms with Crippen molar-refractivity contribution in [3.8, 4) is 11.5 Å². The molecule has 0 saturated carbocycles. The zero-order valence-corrected chi connectivity index (χ0v) is 12.3. The van der Waals surface area contributed by atoms with Gasteiger partial charge in [0.15, 0.2) is 0 Å². The number of aliphatic carboxylic acids is 1. The van der Waals surface area contributed by atoms with Crippen LogP contribution in [0.1, 0.15) is 37.8 Å². The third kappa shape index (κ3) is 2.25. The van der Waals surface area contributed by atoms with Crippen LogP contribution < -0.4 is 4.74 Å². The van der Waals surface area contributed by atoms with Crippen LogP contribution in [0, 0.1) is 5.92 Å². The predicted octanol–water partition coefficient (Wildman–Crippen LogP) is 2.40. The SMILES string of the molecule is COc1ccc(O)c(C(C)N2C3CCC2C(C(=O)O)C3)c1. The Labute approximate surface area is 124 Å². The van der Waals surface area contributed by atoms with E-state index in [1.807, 2.05) is 13.0 Å². The van der Waals surface area contributed by atoms with E-state index >= 15 is 0 Å². The van der Waals surface area contributed by atoms with Crippen molar-refractivity contribution in [2.24, 2.45) is 5.92 Å². The molecule has 4 unspecified atom stereocenters. The van der Waals surface area contributed by atoms with Crippen molar-refractivity contribution in [2.75, 3.05) is 7.11 Å². The first-order chi connectivity index (χ1) is 10.0. The van der Waals surface area contributed by atoms with Gasteiger partial charge in [-0.05, 0) is 44.4 Å². The Balaban J connectivity index is 1.89. The molecule has 5 heteroatoms. The number of carbonyl (C=O) groups is 1. The topological polar surface area (TPSA) is 70.0 Å². The lowest BCUT2D eigenvalue weighted by Crippen LogP contribution is -2.35. The van der Waals surface area contributed by atoms with E-state index in [9.17, 15) is 15.0 Å². The number of hydrogen-bond acceptors (Lipinski definition) is 4. The number of carboxylic acids is 1. The number of fused-ring (bicyclic) bond motifs is 2. The molecule has 1 aromatic carbocycles. The van der Waals surface area contributed by atoms with Crippen molar-refractivity contribution in [1.29, 1.82) is 0 Å². The first kappa shape index (κ1) is 14.2. The van der Waals surface area contributed by atoms with Crippen LogP contribution in [0.2, 0.25) is 0 Å². The third-order valence-corrected chi connectivity index (χ3v) is 5.04. The summed E-state index contributed by atoms with van der Waals surface area (Å²) in [5.74, 6) is -0.0364. The molecule has 2 N–H and O–H groups in total. The summed E-state index contributed by atoms with van der Waals surface area (Å²) in [6.45, 7) is 2.03.